The number of nitrogens with one attached hydrogen (secondary N) is 1. The predicted molar refractivity (Wildman–Crippen MR) is 149 cm³/mol. The fourth-order valence-corrected chi connectivity index (χ4v) is 4.85. The molecule has 0 spiro atoms. The van der Waals surface area contributed by atoms with Gasteiger partial charge in [0.25, 0.3) is 0 Å². The van der Waals surface area contributed by atoms with Crippen LogP contribution in [0, 0.1) is 0 Å². The van der Waals surface area contributed by atoms with Gasteiger partial charge in [0.1, 0.15) is 11.5 Å². The molecule has 1 aliphatic heterocycles. The quantitative estimate of drug-likeness (QED) is 0.279. The maximum absolute atomic E-state index is 12.7. The van der Waals surface area contributed by atoms with E-state index in [0.717, 1.165) is 34.7 Å². The van der Waals surface area contributed by atoms with Crippen molar-refractivity contribution >= 4 is 34.8 Å². The van der Waals surface area contributed by atoms with Crippen LogP contribution in [-0.2, 0) is 27.5 Å². The van der Waals surface area contributed by atoms with Gasteiger partial charge in [-0.15, -0.1) is 0 Å². The second-order valence-electron chi connectivity index (χ2n) is 8.90. The number of nitrogens with zero attached hydrogens (tertiary/aromatic N) is 1. The second kappa shape index (κ2) is 14.4. The van der Waals surface area contributed by atoms with Crippen LogP contribution in [0.25, 0.3) is 0 Å². The molecular weight excluding hydrogens is 527 g/mol. The third kappa shape index (κ3) is 8.09. The molecule has 1 fully saturated rings. The van der Waals surface area contributed by atoms with Crippen molar-refractivity contribution in [1.82, 2.24) is 5.32 Å². The van der Waals surface area contributed by atoms with Crippen LogP contribution in [0.4, 0.5) is 5.69 Å². The van der Waals surface area contributed by atoms with Crippen LogP contribution in [0.15, 0.2) is 66.7 Å². The van der Waals surface area contributed by atoms with Gasteiger partial charge in [-0.25, -0.2) is 0 Å². The number of piperazine rings is 1. The average Bonchev–Trinajstić information content (AvgIpc) is 2.91. The zero-order valence-electron chi connectivity index (χ0n) is 21.3. The highest BCUT2D eigenvalue weighted by Gasteiger charge is 2.29. The minimum atomic E-state index is -0.141. The number of anilines is 1. The number of hydrogen-bond donors (Lipinski definition) is 1. The van der Waals surface area contributed by atoms with Gasteiger partial charge in [-0.2, -0.15) is 0 Å². The van der Waals surface area contributed by atoms with Gasteiger partial charge >= 0.3 is 0 Å². The van der Waals surface area contributed by atoms with Crippen molar-refractivity contribution in [3.8, 4) is 11.5 Å². The molecule has 0 aliphatic carbocycles. The van der Waals surface area contributed by atoms with Gasteiger partial charge < -0.3 is 29.2 Å². The van der Waals surface area contributed by atoms with Crippen molar-refractivity contribution in [1.29, 1.82) is 0 Å². The number of carbonyl (C=O) groups is 1. The standard InChI is InChI=1S/C29H32Cl2N2O5/c1-35-28-6-3-2-5-22(28)19-36-11-4-12-38-27-9-7-25(8-10-27)33-26(16-32-17-29(33)34)20-37-18-21-13-23(30)15-24(31)14-21/h2-3,5-10,13-15,26,32H,4,11-12,16-20H2,1H3/t26-/m1/s1. The molecule has 4 rings (SSSR count). The molecule has 1 amide bonds. The highest BCUT2D eigenvalue weighted by Crippen LogP contribution is 2.24. The van der Waals surface area contributed by atoms with Crippen molar-refractivity contribution in [2.24, 2.45) is 0 Å². The Hall–Kier alpha value is -2.81. The SMILES string of the molecule is COc1ccccc1COCCCOc1ccc(N2C(=O)CNC[C@@H]2COCc2cc(Cl)cc(Cl)c2)cc1. The molecule has 1 N–H and O–H groups in total. The Morgan fingerprint density at radius 2 is 1.71 bits per heavy atom. The Balaban J connectivity index is 1.23. The summed E-state index contributed by atoms with van der Waals surface area (Å²) in [4.78, 5) is 14.5. The van der Waals surface area contributed by atoms with Gasteiger partial charge in [-0.3, -0.25) is 4.79 Å². The van der Waals surface area contributed by atoms with Gasteiger partial charge in [0.05, 0.1) is 52.7 Å². The molecule has 0 bridgehead atoms. The molecule has 7 nitrogen and oxygen atoms in total. The number of carbonyl (C=O) groups excluding carboxylic acids is 1. The molecule has 202 valence electrons. The van der Waals surface area contributed by atoms with E-state index < -0.39 is 0 Å². The third-order valence-corrected chi connectivity index (χ3v) is 6.49. The summed E-state index contributed by atoms with van der Waals surface area (Å²) < 4.78 is 22.9. The van der Waals surface area contributed by atoms with E-state index in [4.69, 9.17) is 42.1 Å². The largest absolute Gasteiger partial charge is 0.496 e. The predicted octanol–water partition coefficient (Wildman–Crippen LogP) is 5.51. The Labute approximate surface area is 233 Å². The third-order valence-electron chi connectivity index (χ3n) is 6.06. The fourth-order valence-electron chi connectivity index (χ4n) is 4.28. The number of amides is 1. The van der Waals surface area contributed by atoms with Gasteiger partial charge in [-0.05, 0) is 54.1 Å². The Bertz CT molecular complexity index is 1170. The van der Waals surface area contributed by atoms with Crippen LogP contribution in [0.1, 0.15) is 17.5 Å². The van der Waals surface area contributed by atoms with E-state index in [2.05, 4.69) is 5.32 Å². The van der Waals surface area contributed by atoms with E-state index >= 15 is 0 Å². The van der Waals surface area contributed by atoms with Crippen molar-refractivity contribution in [2.45, 2.75) is 25.7 Å². The number of rotatable bonds is 13. The smallest absolute Gasteiger partial charge is 0.241 e. The number of benzene rings is 3. The summed E-state index contributed by atoms with van der Waals surface area (Å²) in [5.41, 5.74) is 2.71. The van der Waals surface area contributed by atoms with E-state index in [-0.39, 0.29) is 18.5 Å². The molecule has 0 unspecified atom stereocenters. The second-order valence-corrected chi connectivity index (χ2v) is 9.77. The number of ether oxygens (including phenoxy) is 4. The summed E-state index contributed by atoms with van der Waals surface area (Å²) in [5, 5.41) is 4.30. The normalized spacial score (nSPS) is 15.5. The first-order valence-corrected chi connectivity index (χ1v) is 13.3. The van der Waals surface area contributed by atoms with Gasteiger partial charge in [0.15, 0.2) is 0 Å². The van der Waals surface area contributed by atoms with Crippen LogP contribution in [0.5, 0.6) is 11.5 Å². The fraction of sp³-hybridized carbons (Fsp3) is 0.345. The maximum Gasteiger partial charge on any atom is 0.241 e. The number of methoxy groups -OCH3 is 1. The molecule has 1 atom stereocenters. The summed E-state index contributed by atoms with van der Waals surface area (Å²) >= 11 is 12.2. The lowest BCUT2D eigenvalue weighted by molar-refractivity contribution is -0.119. The molecule has 3 aromatic carbocycles. The van der Waals surface area contributed by atoms with E-state index in [1.165, 1.54) is 0 Å². The monoisotopic (exact) mass is 558 g/mol. The molecule has 1 aliphatic rings. The first kappa shape index (κ1) is 28.2. The van der Waals surface area contributed by atoms with E-state index in [9.17, 15) is 4.79 Å². The molecule has 3 aromatic rings. The molecule has 1 saturated heterocycles. The lowest BCUT2D eigenvalue weighted by atomic mass is 10.1. The minimum absolute atomic E-state index is 0.00323. The van der Waals surface area contributed by atoms with Gasteiger partial charge in [-0.1, -0.05) is 41.4 Å². The lowest BCUT2D eigenvalue weighted by Gasteiger charge is -2.36. The van der Waals surface area contributed by atoms with Crippen molar-refractivity contribution < 1.29 is 23.7 Å². The summed E-state index contributed by atoms with van der Waals surface area (Å²) in [6.45, 7) is 3.25. The highest BCUT2D eigenvalue weighted by atomic mass is 35.5. The summed E-state index contributed by atoms with van der Waals surface area (Å²) in [7, 11) is 1.66. The minimum Gasteiger partial charge on any atom is -0.496 e. The van der Waals surface area contributed by atoms with Crippen LogP contribution >= 0.6 is 23.2 Å². The van der Waals surface area contributed by atoms with E-state index in [1.54, 1.807) is 18.1 Å². The first-order valence-electron chi connectivity index (χ1n) is 12.5. The Morgan fingerprint density at radius 1 is 0.947 bits per heavy atom. The molecule has 38 heavy (non-hydrogen) atoms. The summed E-state index contributed by atoms with van der Waals surface area (Å²) in [5.74, 6) is 1.56. The van der Waals surface area contributed by atoms with Crippen LogP contribution in [0.3, 0.4) is 0 Å². The van der Waals surface area contributed by atoms with Crippen molar-refractivity contribution in [2.75, 3.05) is 44.9 Å². The summed E-state index contributed by atoms with van der Waals surface area (Å²) in [6, 6.07) is 20.6. The van der Waals surface area contributed by atoms with Crippen LogP contribution in [0.2, 0.25) is 10.0 Å². The molecule has 0 radical (unpaired) electrons. The highest BCUT2D eigenvalue weighted by molar-refractivity contribution is 6.34. The zero-order valence-corrected chi connectivity index (χ0v) is 22.8. The van der Waals surface area contributed by atoms with Crippen molar-refractivity contribution in [3.05, 3.63) is 87.9 Å². The zero-order chi connectivity index (χ0) is 26.7. The average molecular weight is 559 g/mol. The van der Waals surface area contributed by atoms with Crippen LogP contribution < -0.4 is 19.7 Å². The Morgan fingerprint density at radius 3 is 2.47 bits per heavy atom. The molecule has 1 heterocycles. The Kier molecular flexibility index (Phi) is 10.7. The number of halogens is 2. The van der Waals surface area contributed by atoms with Gasteiger partial charge in [0, 0.05) is 34.3 Å². The number of hydrogen-bond acceptors (Lipinski definition) is 6. The first-order chi connectivity index (χ1) is 18.5. The molecule has 0 aromatic heterocycles. The van der Waals surface area contributed by atoms with Crippen molar-refractivity contribution in [3.63, 3.8) is 0 Å². The van der Waals surface area contributed by atoms with Gasteiger partial charge in [0.2, 0.25) is 5.91 Å². The molecule has 0 saturated carbocycles. The van der Waals surface area contributed by atoms with Crippen LogP contribution in [-0.4, -0.2) is 52.0 Å². The molecular formula is C29H32Cl2N2O5. The van der Waals surface area contributed by atoms with E-state index in [0.29, 0.717) is 49.6 Å². The van der Waals surface area contributed by atoms with E-state index in [1.807, 2.05) is 60.7 Å². The molecule has 9 heteroatoms. The lowest BCUT2D eigenvalue weighted by Crippen LogP contribution is -2.57. The maximum atomic E-state index is 12.7. The topological polar surface area (TPSA) is 69.3 Å². The number of para-hydroxylation sites is 1. The summed E-state index contributed by atoms with van der Waals surface area (Å²) in [6.07, 6.45) is 0.754.